The average molecular weight is 337 g/mol. The first-order valence-electron chi connectivity index (χ1n) is 8.88. The minimum absolute atomic E-state index is 0.0901. The van der Waals surface area contributed by atoms with Crippen LogP contribution in [0.2, 0.25) is 0 Å². The van der Waals surface area contributed by atoms with E-state index in [1.165, 1.54) is 11.3 Å². The van der Waals surface area contributed by atoms with Crippen LogP contribution in [-0.4, -0.2) is 16.6 Å². The molecule has 0 amide bonds. The van der Waals surface area contributed by atoms with Gasteiger partial charge < -0.3 is 9.47 Å². The quantitative estimate of drug-likeness (QED) is 0.816. The molecule has 1 unspecified atom stereocenters. The Labute approximate surface area is 148 Å². The van der Waals surface area contributed by atoms with Gasteiger partial charge in [0.05, 0.1) is 17.3 Å². The Bertz CT molecular complexity index is 855. The first-order chi connectivity index (χ1) is 12.0. The van der Waals surface area contributed by atoms with E-state index in [1.54, 1.807) is 0 Å². The Hall–Kier alpha value is -2.48. The molecule has 1 atom stereocenters. The molecule has 130 valence electrons. The van der Waals surface area contributed by atoms with Crippen molar-refractivity contribution in [2.75, 3.05) is 6.79 Å². The largest absolute Gasteiger partial charge is 0.454 e. The van der Waals surface area contributed by atoms with E-state index < -0.39 is 0 Å². The van der Waals surface area contributed by atoms with E-state index >= 15 is 0 Å². The van der Waals surface area contributed by atoms with Crippen molar-refractivity contribution >= 4 is 0 Å². The van der Waals surface area contributed by atoms with Gasteiger partial charge >= 0.3 is 0 Å². The zero-order chi connectivity index (χ0) is 17.6. The molecule has 5 nitrogen and oxygen atoms in total. The maximum atomic E-state index is 9.29. The fourth-order valence-corrected chi connectivity index (χ4v) is 3.92. The van der Waals surface area contributed by atoms with E-state index in [0.29, 0.717) is 6.42 Å². The third kappa shape index (κ3) is 2.66. The Morgan fingerprint density at radius 3 is 2.84 bits per heavy atom. The minimum atomic E-state index is -0.0901. The van der Waals surface area contributed by atoms with E-state index in [4.69, 9.17) is 14.6 Å². The molecule has 0 saturated heterocycles. The molecule has 0 N–H and O–H groups in total. The van der Waals surface area contributed by atoms with Crippen LogP contribution in [0.4, 0.5) is 0 Å². The molecule has 1 aliphatic carbocycles. The van der Waals surface area contributed by atoms with Crippen LogP contribution in [0.5, 0.6) is 11.5 Å². The molecule has 2 aliphatic rings. The lowest BCUT2D eigenvalue weighted by atomic mass is 9.82. The van der Waals surface area contributed by atoms with Gasteiger partial charge in [0, 0.05) is 29.2 Å². The summed E-state index contributed by atoms with van der Waals surface area (Å²) in [5.41, 5.74) is 4.47. The summed E-state index contributed by atoms with van der Waals surface area (Å²) in [5, 5.41) is 14.3. The summed E-state index contributed by atoms with van der Waals surface area (Å²) in [6.07, 6.45) is 3.72. The van der Waals surface area contributed by atoms with E-state index in [1.807, 2.05) is 18.2 Å². The van der Waals surface area contributed by atoms with Crippen LogP contribution in [-0.2, 0) is 12.0 Å². The van der Waals surface area contributed by atoms with Gasteiger partial charge in [-0.15, -0.1) is 0 Å². The van der Waals surface area contributed by atoms with E-state index in [-0.39, 0.29) is 18.2 Å². The minimum Gasteiger partial charge on any atom is -0.454 e. The number of hydrogen-bond donors (Lipinski definition) is 0. The summed E-state index contributed by atoms with van der Waals surface area (Å²) in [7, 11) is 0. The first kappa shape index (κ1) is 16.0. The number of ether oxygens (including phenoxy) is 2. The molecule has 0 fully saturated rings. The second-order valence-electron chi connectivity index (χ2n) is 7.81. The Balaban J connectivity index is 1.90. The molecule has 2 aromatic rings. The predicted molar refractivity (Wildman–Crippen MR) is 94.7 cm³/mol. The van der Waals surface area contributed by atoms with Crippen LogP contribution in [0.25, 0.3) is 11.3 Å². The van der Waals surface area contributed by atoms with Crippen molar-refractivity contribution in [1.82, 2.24) is 9.78 Å². The summed E-state index contributed by atoms with van der Waals surface area (Å²) < 4.78 is 13.1. The second kappa shape index (κ2) is 5.80. The van der Waals surface area contributed by atoms with Crippen LogP contribution in [0.1, 0.15) is 57.2 Å². The zero-order valence-corrected chi connectivity index (χ0v) is 15.0. The zero-order valence-electron chi connectivity index (χ0n) is 15.0. The maximum absolute atomic E-state index is 9.29. The number of benzene rings is 1. The molecule has 2 heterocycles. The third-order valence-corrected chi connectivity index (χ3v) is 5.02. The number of hydrogen-bond acceptors (Lipinski definition) is 4. The first-order valence-corrected chi connectivity index (χ1v) is 8.88. The van der Waals surface area contributed by atoms with Crippen LogP contribution in [0.3, 0.4) is 0 Å². The SMILES string of the molecule is CC(C)(C)n1nc(-c2ccc3c(c2)OCO3)c2c1CCCC2CC#N. The maximum Gasteiger partial charge on any atom is 0.231 e. The molecule has 1 aliphatic heterocycles. The summed E-state index contributed by atoms with van der Waals surface area (Å²) >= 11 is 0. The Kier molecular flexibility index (Phi) is 3.72. The van der Waals surface area contributed by atoms with Gasteiger partial charge in [0.2, 0.25) is 6.79 Å². The Morgan fingerprint density at radius 2 is 2.08 bits per heavy atom. The second-order valence-corrected chi connectivity index (χ2v) is 7.81. The summed E-state index contributed by atoms with van der Waals surface area (Å²) in [6, 6.07) is 8.36. The number of aromatic nitrogens is 2. The topological polar surface area (TPSA) is 60.1 Å². The number of rotatable bonds is 2. The van der Waals surface area contributed by atoms with Crippen molar-refractivity contribution in [2.24, 2.45) is 0 Å². The fraction of sp³-hybridized carbons (Fsp3) is 0.500. The van der Waals surface area contributed by atoms with Gasteiger partial charge in [-0.3, -0.25) is 4.68 Å². The van der Waals surface area contributed by atoms with Crippen LogP contribution in [0, 0.1) is 11.3 Å². The number of fused-ring (bicyclic) bond motifs is 2. The molecule has 0 spiro atoms. The van der Waals surface area contributed by atoms with E-state index in [9.17, 15) is 5.26 Å². The molecule has 0 saturated carbocycles. The molecular weight excluding hydrogens is 314 g/mol. The molecule has 1 aromatic carbocycles. The van der Waals surface area contributed by atoms with Gasteiger partial charge in [-0.05, 0) is 58.2 Å². The number of nitriles is 1. The Morgan fingerprint density at radius 1 is 1.28 bits per heavy atom. The predicted octanol–water partition coefficient (Wildman–Crippen LogP) is 4.37. The van der Waals surface area contributed by atoms with Gasteiger partial charge in [0.15, 0.2) is 11.5 Å². The van der Waals surface area contributed by atoms with Gasteiger partial charge in [-0.25, -0.2) is 0 Å². The van der Waals surface area contributed by atoms with Gasteiger partial charge in [0.25, 0.3) is 0 Å². The molecule has 25 heavy (non-hydrogen) atoms. The average Bonchev–Trinajstić information content (AvgIpc) is 3.18. The monoisotopic (exact) mass is 337 g/mol. The summed E-state index contributed by atoms with van der Waals surface area (Å²) in [5.74, 6) is 1.80. The van der Waals surface area contributed by atoms with Crippen molar-refractivity contribution in [1.29, 1.82) is 5.26 Å². The van der Waals surface area contributed by atoms with Gasteiger partial charge in [-0.2, -0.15) is 10.4 Å². The highest BCUT2D eigenvalue weighted by Crippen LogP contribution is 2.43. The van der Waals surface area contributed by atoms with Crippen LogP contribution < -0.4 is 9.47 Å². The fourth-order valence-electron chi connectivity index (χ4n) is 3.92. The summed E-state index contributed by atoms with van der Waals surface area (Å²) in [4.78, 5) is 0. The lowest BCUT2D eigenvalue weighted by molar-refractivity contribution is 0.174. The smallest absolute Gasteiger partial charge is 0.231 e. The molecule has 0 bridgehead atoms. The lowest BCUT2D eigenvalue weighted by Crippen LogP contribution is -2.26. The molecular formula is C20H23N3O2. The summed E-state index contributed by atoms with van der Waals surface area (Å²) in [6.45, 7) is 6.80. The molecule has 0 radical (unpaired) electrons. The highest BCUT2D eigenvalue weighted by atomic mass is 16.7. The van der Waals surface area contributed by atoms with Gasteiger partial charge in [0.1, 0.15) is 0 Å². The van der Waals surface area contributed by atoms with Crippen molar-refractivity contribution in [2.45, 2.75) is 57.9 Å². The third-order valence-electron chi connectivity index (χ3n) is 5.02. The molecule has 4 rings (SSSR count). The standard InChI is InChI=1S/C20H23N3O2/c1-20(2,3)23-15-6-4-5-13(9-10-21)18(15)19(22-23)14-7-8-16-17(11-14)25-12-24-16/h7-8,11,13H,4-6,9,12H2,1-3H3. The van der Waals surface area contributed by atoms with Gasteiger partial charge in [-0.1, -0.05) is 0 Å². The van der Waals surface area contributed by atoms with Crippen LogP contribution in [0.15, 0.2) is 18.2 Å². The number of nitrogens with zero attached hydrogens (tertiary/aromatic N) is 3. The highest BCUT2D eigenvalue weighted by molar-refractivity contribution is 5.69. The van der Waals surface area contributed by atoms with Crippen molar-refractivity contribution in [3.63, 3.8) is 0 Å². The van der Waals surface area contributed by atoms with E-state index in [0.717, 1.165) is 42.0 Å². The van der Waals surface area contributed by atoms with Crippen LogP contribution >= 0.6 is 0 Å². The highest BCUT2D eigenvalue weighted by Gasteiger charge is 2.32. The molecule has 5 heteroatoms. The normalized spacial score (nSPS) is 18.7. The van der Waals surface area contributed by atoms with Crippen molar-refractivity contribution < 1.29 is 9.47 Å². The van der Waals surface area contributed by atoms with Crippen molar-refractivity contribution in [3.05, 3.63) is 29.5 Å². The molecule has 1 aromatic heterocycles. The lowest BCUT2D eigenvalue weighted by Gasteiger charge is -2.27. The van der Waals surface area contributed by atoms with Crippen molar-refractivity contribution in [3.8, 4) is 28.8 Å². The van der Waals surface area contributed by atoms with E-state index in [2.05, 4.69) is 31.5 Å².